The third kappa shape index (κ3) is 5.62. The van der Waals surface area contributed by atoms with Crippen LogP contribution in [-0.4, -0.2) is 60.8 Å². The molecule has 5 nitrogen and oxygen atoms in total. The van der Waals surface area contributed by atoms with E-state index in [0.717, 1.165) is 16.3 Å². The number of quaternary nitrogens is 1. The molecule has 0 fully saturated rings. The largest absolute Gasteiger partial charge is 0.391 e. The number of hydrogen-bond donors (Lipinski definition) is 4. The number of aliphatic hydroxyl groups excluding tert-OH is 3. The maximum atomic E-state index is 10.5. The van der Waals surface area contributed by atoms with Gasteiger partial charge in [-0.2, -0.15) is 0 Å². The average Bonchev–Trinajstić information content (AvgIpc) is 2.61. The van der Waals surface area contributed by atoms with Crippen LogP contribution in [0.3, 0.4) is 0 Å². The highest BCUT2D eigenvalue weighted by Gasteiger charge is 2.19. The van der Waals surface area contributed by atoms with Crippen molar-refractivity contribution >= 4 is 11.4 Å². The summed E-state index contributed by atoms with van der Waals surface area (Å²) in [4.78, 5) is 3.08. The molecule has 0 aromatic heterocycles. The Kier molecular flexibility index (Phi) is 7.71. The Morgan fingerprint density at radius 2 is 1.25 bits per heavy atom. The fourth-order valence-corrected chi connectivity index (χ4v) is 2.83. The van der Waals surface area contributed by atoms with E-state index in [1.807, 2.05) is 60.7 Å². The Hall–Kier alpha value is -1.92. The molecule has 0 spiro atoms. The Morgan fingerprint density at radius 1 is 0.792 bits per heavy atom. The number of nitrogens with zero attached hydrogens (tertiary/aromatic N) is 1. The number of hydrogen-bond acceptors (Lipinski definition) is 4. The smallest absolute Gasteiger partial charge is 0.121 e. The van der Waals surface area contributed by atoms with E-state index in [1.54, 1.807) is 0 Å². The molecule has 0 amide bonds. The molecule has 5 heteroatoms. The van der Waals surface area contributed by atoms with Gasteiger partial charge in [0.1, 0.15) is 25.7 Å². The fraction of sp³-hybridized carbons (Fsp3) is 0.368. The van der Waals surface area contributed by atoms with Crippen LogP contribution in [0.25, 0.3) is 0 Å². The molecule has 1 atom stereocenters. The normalized spacial score (nSPS) is 12.3. The van der Waals surface area contributed by atoms with Gasteiger partial charge < -0.3 is 25.1 Å². The monoisotopic (exact) mass is 331 g/mol. The van der Waals surface area contributed by atoms with Gasteiger partial charge in [0.25, 0.3) is 0 Å². The zero-order chi connectivity index (χ0) is 17.2. The molecule has 0 unspecified atom stereocenters. The maximum absolute atomic E-state index is 10.5. The van der Waals surface area contributed by atoms with Crippen molar-refractivity contribution in [2.24, 2.45) is 0 Å². The Labute approximate surface area is 143 Å². The van der Waals surface area contributed by atoms with Crippen LogP contribution in [0.15, 0.2) is 60.7 Å². The molecule has 0 saturated heterocycles. The predicted octanol–water partition coefficient (Wildman–Crippen LogP) is 0.0551. The summed E-state index contributed by atoms with van der Waals surface area (Å²) in [6.45, 7) is 2.07. The van der Waals surface area contributed by atoms with Crippen molar-refractivity contribution in [3.05, 3.63) is 60.7 Å². The molecule has 0 aliphatic heterocycles. The predicted molar refractivity (Wildman–Crippen MR) is 95.6 cm³/mol. The van der Waals surface area contributed by atoms with E-state index >= 15 is 0 Å². The summed E-state index contributed by atoms with van der Waals surface area (Å²) in [5, 5.41) is 28.8. The molecular weight excluding hydrogens is 304 g/mol. The van der Waals surface area contributed by atoms with Crippen LogP contribution in [0.1, 0.15) is 0 Å². The van der Waals surface area contributed by atoms with Gasteiger partial charge in [0.05, 0.1) is 19.8 Å². The lowest BCUT2D eigenvalue weighted by Crippen LogP contribution is -3.14. The van der Waals surface area contributed by atoms with Crippen LogP contribution in [0.2, 0.25) is 0 Å². The molecule has 4 N–H and O–H groups in total. The van der Waals surface area contributed by atoms with Gasteiger partial charge in [0.15, 0.2) is 0 Å². The highest BCUT2D eigenvalue weighted by Crippen LogP contribution is 2.24. The second-order valence-corrected chi connectivity index (χ2v) is 5.84. The van der Waals surface area contributed by atoms with Crippen LogP contribution in [-0.2, 0) is 0 Å². The summed E-state index contributed by atoms with van der Waals surface area (Å²) in [6.07, 6.45) is -0.571. The lowest BCUT2D eigenvalue weighted by atomic mass is 10.2. The van der Waals surface area contributed by atoms with Crippen molar-refractivity contribution in [3.63, 3.8) is 0 Å². The van der Waals surface area contributed by atoms with Crippen LogP contribution in [0.4, 0.5) is 11.4 Å². The molecule has 2 rings (SSSR count). The first-order valence-corrected chi connectivity index (χ1v) is 8.35. The second-order valence-electron chi connectivity index (χ2n) is 5.84. The number of rotatable bonds is 10. The van der Waals surface area contributed by atoms with Gasteiger partial charge in [-0.25, -0.2) is 0 Å². The SMILES string of the molecule is OCC[NH+](CCO)C[C@H](O)CN(c1ccccc1)c1ccccc1. The van der Waals surface area contributed by atoms with Gasteiger partial charge in [-0.05, 0) is 24.3 Å². The van der Waals surface area contributed by atoms with E-state index in [1.165, 1.54) is 0 Å². The van der Waals surface area contributed by atoms with Crippen LogP contribution >= 0.6 is 0 Å². The van der Waals surface area contributed by atoms with E-state index in [0.29, 0.717) is 26.2 Å². The molecule has 0 saturated carbocycles. The minimum absolute atomic E-state index is 0.0448. The molecule has 0 aliphatic rings. The van der Waals surface area contributed by atoms with Crippen molar-refractivity contribution in [1.29, 1.82) is 0 Å². The molecule has 0 heterocycles. The van der Waals surface area contributed by atoms with Crippen LogP contribution < -0.4 is 9.80 Å². The number of nitrogens with one attached hydrogen (secondary N) is 1. The van der Waals surface area contributed by atoms with E-state index in [-0.39, 0.29) is 13.2 Å². The quantitative estimate of drug-likeness (QED) is 0.497. The highest BCUT2D eigenvalue weighted by atomic mass is 16.3. The summed E-state index contributed by atoms with van der Waals surface area (Å²) < 4.78 is 0. The zero-order valence-corrected chi connectivity index (χ0v) is 13.9. The number of aliphatic hydroxyl groups is 3. The minimum Gasteiger partial charge on any atom is -0.391 e. The molecule has 0 aliphatic carbocycles. The van der Waals surface area contributed by atoms with Gasteiger partial charge in [-0.1, -0.05) is 36.4 Å². The standard InChI is InChI=1S/C19H26N2O3/c22-13-11-20(12-14-23)15-19(24)16-21(17-7-3-1-4-8-17)18-9-5-2-6-10-18/h1-10,19,22-24H,11-16H2/p+1/t19-/m0/s1. The topological polar surface area (TPSA) is 68.4 Å². The summed E-state index contributed by atoms with van der Waals surface area (Å²) in [6, 6.07) is 19.9. The third-order valence-corrected chi connectivity index (χ3v) is 3.98. The summed E-state index contributed by atoms with van der Waals surface area (Å²) >= 11 is 0. The van der Waals surface area contributed by atoms with E-state index < -0.39 is 6.10 Å². The molecule has 0 bridgehead atoms. The maximum Gasteiger partial charge on any atom is 0.121 e. The van der Waals surface area contributed by atoms with Crippen molar-refractivity contribution in [1.82, 2.24) is 0 Å². The first-order chi connectivity index (χ1) is 11.7. The lowest BCUT2D eigenvalue weighted by molar-refractivity contribution is -0.903. The van der Waals surface area contributed by atoms with Gasteiger partial charge >= 0.3 is 0 Å². The molecule has 2 aromatic carbocycles. The van der Waals surface area contributed by atoms with Gasteiger partial charge in [0, 0.05) is 11.4 Å². The van der Waals surface area contributed by atoms with Gasteiger partial charge in [0.2, 0.25) is 0 Å². The Morgan fingerprint density at radius 3 is 1.67 bits per heavy atom. The second kappa shape index (κ2) is 10.1. The lowest BCUT2D eigenvalue weighted by Gasteiger charge is -2.29. The van der Waals surface area contributed by atoms with E-state index in [9.17, 15) is 5.11 Å². The Balaban J connectivity index is 2.10. The number of benzene rings is 2. The third-order valence-electron chi connectivity index (χ3n) is 3.98. The van der Waals surface area contributed by atoms with Crippen molar-refractivity contribution in [2.75, 3.05) is 44.3 Å². The number of anilines is 2. The van der Waals surface area contributed by atoms with Crippen LogP contribution in [0, 0.1) is 0 Å². The molecule has 130 valence electrons. The van der Waals surface area contributed by atoms with E-state index in [4.69, 9.17) is 10.2 Å². The van der Waals surface area contributed by atoms with Gasteiger partial charge in [-0.3, -0.25) is 0 Å². The van der Waals surface area contributed by atoms with Crippen molar-refractivity contribution in [3.8, 4) is 0 Å². The fourth-order valence-electron chi connectivity index (χ4n) is 2.83. The molecule has 0 radical (unpaired) electrons. The molecular formula is C19H27N2O3+. The summed E-state index contributed by atoms with van der Waals surface area (Å²) in [5.41, 5.74) is 2.04. The number of para-hydroxylation sites is 2. The first-order valence-electron chi connectivity index (χ1n) is 8.35. The first kappa shape index (κ1) is 18.4. The molecule has 24 heavy (non-hydrogen) atoms. The van der Waals surface area contributed by atoms with E-state index in [2.05, 4.69) is 4.90 Å². The average molecular weight is 331 g/mol. The zero-order valence-electron chi connectivity index (χ0n) is 13.9. The van der Waals surface area contributed by atoms with Crippen molar-refractivity contribution < 1.29 is 20.2 Å². The minimum atomic E-state index is -0.571. The summed E-state index contributed by atoms with van der Waals surface area (Å²) in [7, 11) is 0. The highest BCUT2D eigenvalue weighted by molar-refractivity contribution is 5.62. The van der Waals surface area contributed by atoms with Gasteiger partial charge in [-0.15, -0.1) is 0 Å². The molecule has 2 aromatic rings. The summed E-state index contributed by atoms with van der Waals surface area (Å²) in [5.74, 6) is 0. The Bertz CT molecular complexity index is 520. The van der Waals surface area contributed by atoms with Crippen molar-refractivity contribution in [2.45, 2.75) is 6.10 Å². The van der Waals surface area contributed by atoms with Crippen LogP contribution in [0.5, 0.6) is 0 Å².